The fourth-order valence-electron chi connectivity index (χ4n) is 8.89. The van der Waals surface area contributed by atoms with E-state index < -0.39 is 5.41 Å². The van der Waals surface area contributed by atoms with E-state index in [2.05, 4.69) is 188 Å². The Morgan fingerprint density at radius 3 is 1.53 bits per heavy atom. The van der Waals surface area contributed by atoms with E-state index in [-0.39, 0.29) is 0 Å². The smallest absolute Gasteiger partial charge is 0.160 e. The maximum atomic E-state index is 5.62. The average Bonchev–Trinajstić information content (AvgIpc) is 3.71. The molecule has 0 fully saturated rings. The summed E-state index contributed by atoms with van der Waals surface area (Å²) in [5, 5.41) is 2.51. The molecule has 1 aromatic heterocycles. The second-order valence-corrected chi connectivity index (χ2v) is 14.1. The van der Waals surface area contributed by atoms with Gasteiger partial charge >= 0.3 is 0 Å². The normalized spacial score (nSPS) is 13.1. The van der Waals surface area contributed by atoms with Gasteiger partial charge in [0, 0.05) is 16.7 Å². The quantitative estimate of drug-likeness (QED) is 0.186. The van der Waals surface area contributed by atoms with Gasteiger partial charge in [0.15, 0.2) is 5.82 Å². The number of nitrogens with zero attached hydrogens (tertiary/aromatic N) is 2. The van der Waals surface area contributed by atoms with Crippen LogP contribution in [0.3, 0.4) is 0 Å². The number of hydrogen-bond donors (Lipinski definition) is 0. The number of aromatic nitrogens is 2. The van der Waals surface area contributed by atoms with E-state index in [0.717, 1.165) is 33.9 Å². The number of benzene rings is 8. The molecule has 1 heterocycles. The van der Waals surface area contributed by atoms with E-state index in [1.54, 1.807) is 0 Å². The number of rotatable bonds is 4. The standard InChI is InChI=1S/C51H32N2/c1-3-14-36(15-4-1)48-47-43-30-29-40(35-25-23-34(24-26-35)39-28-27-33-13-7-8-18-38(33)31-39)32-46(43)51(49(47)53-50(52-48)37-16-5-2-6-17-37)44-21-11-9-19-41(44)42-20-10-12-22-45(42)51/h1-32H. The van der Waals surface area contributed by atoms with E-state index in [9.17, 15) is 0 Å². The molecule has 9 aromatic rings. The Kier molecular flexibility index (Phi) is 6.50. The lowest BCUT2D eigenvalue weighted by Crippen LogP contribution is -2.27. The van der Waals surface area contributed by atoms with E-state index in [4.69, 9.17) is 9.97 Å². The lowest BCUT2D eigenvalue weighted by atomic mass is 9.72. The summed E-state index contributed by atoms with van der Waals surface area (Å²) in [6, 6.07) is 70.2. The molecule has 0 saturated heterocycles. The van der Waals surface area contributed by atoms with Crippen LogP contribution in [0, 0.1) is 0 Å². The van der Waals surface area contributed by atoms with Crippen LogP contribution in [0.2, 0.25) is 0 Å². The van der Waals surface area contributed by atoms with Gasteiger partial charge < -0.3 is 0 Å². The topological polar surface area (TPSA) is 25.8 Å². The van der Waals surface area contributed by atoms with Crippen molar-refractivity contribution in [2.45, 2.75) is 5.41 Å². The zero-order valence-corrected chi connectivity index (χ0v) is 28.9. The van der Waals surface area contributed by atoms with Crippen molar-refractivity contribution in [3.63, 3.8) is 0 Å². The molecule has 2 heteroatoms. The van der Waals surface area contributed by atoms with Crippen LogP contribution in [0.15, 0.2) is 194 Å². The Labute approximate surface area is 308 Å². The molecule has 0 aliphatic heterocycles. The van der Waals surface area contributed by atoms with Crippen molar-refractivity contribution < 1.29 is 0 Å². The van der Waals surface area contributed by atoms with Crippen molar-refractivity contribution in [3.05, 3.63) is 217 Å². The summed E-state index contributed by atoms with van der Waals surface area (Å²) in [5.74, 6) is 0.738. The van der Waals surface area contributed by atoms with Gasteiger partial charge in [-0.1, -0.05) is 182 Å². The number of hydrogen-bond acceptors (Lipinski definition) is 2. The first-order valence-corrected chi connectivity index (χ1v) is 18.2. The largest absolute Gasteiger partial charge is 0.231 e. The summed E-state index contributed by atoms with van der Waals surface area (Å²) in [4.78, 5) is 11.0. The molecule has 2 aliphatic rings. The molecule has 8 aromatic carbocycles. The third-order valence-electron chi connectivity index (χ3n) is 11.3. The zero-order chi connectivity index (χ0) is 34.9. The van der Waals surface area contributed by atoms with Crippen molar-refractivity contribution in [1.82, 2.24) is 9.97 Å². The van der Waals surface area contributed by atoms with Crippen molar-refractivity contribution in [3.8, 4) is 67.2 Å². The second kappa shape index (κ2) is 11.6. The van der Waals surface area contributed by atoms with Gasteiger partial charge in [-0.15, -0.1) is 0 Å². The SMILES string of the molecule is c1ccc(-c2nc(-c3ccccc3)c3c(n2)C2(c4ccccc4-c4ccccc42)c2cc(-c4ccc(-c5ccc6ccccc6c5)cc4)ccc2-3)cc1. The monoisotopic (exact) mass is 672 g/mol. The summed E-state index contributed by atoms with van der Waals surface area (Å²) in [6.45, 7) is 0. The highest BCUT2D eigenvalue weighted by Crippen LogP contribution is 2.63. The third-order valence-corrected chi connectivity index (χ3v) is 11.3. The van der Waals surface area contributed by atoms with E-state index in [1.807, 2.05) is 6.07 Å². The van der Waals surface area contributed by atoms with E-state index in [0.29, 0.717) is 0 Å². The summed E-state index contributed by atoms with van der Waals surface area (Å²) < 4.78 is 0. The summed E-state index contributed by atoms with van der Waals surface area (Å²) in [6.07, 6.45) is 0. The molecule has 246 valence electrons. The number of fused-ring (bicyclic) bond motifs is 11. The summed E-state index contributed by atoms with van der Waals surface area (Å²) in [5.41, 5.74) is 16.9. The van der Waals surface area contributed by atoms with Gasteiger partial charge in [-0.25, -0.2) is 9.97 Å². The minimum atomic E-state index is -0.616. The predicted molar refractivity (Wildman–Crippen MR) is 218 cm³/mol. The zero-order valence-electron chi connectivity index (χ0n) is 28.9. The predicted octanol–water partition coefficient (Wildman–Crippen LogP) is 12.6. The van der Waals surface area contributed by atoms with Crippen molar-refractivity contribution in [2.24, 2.45) is 0 Å². The van der Waals surface area contributed by atoms with Crippen molar-refractivity contribution >= 4 is 10.8 Å². The fraction of sp³-hybridized carbons (Fsp3) is 0.0196. The lowest BCUT2D eigenvalue weighted by Gasteiger charge is -2.30. The molecule has 0 atom stereocenters. The van der Waals surface area contributed by atoms with Crippen LogP contribution < -0.4 is 0 Å². The molecule has 11 rings (SSSR count). The highest BCUT2D eigenvalue weighted by atomic mass is 14.9. The first-order valence-electron chi connectivity index (χ1n) is 18.2. The molecular weight excluding hydrogens is 641 g/mol. The molecule has 0 radical (unpaired) electrons. The lowest BCUT2D eigenvalue weighted by molar-refractivity contribution is 0.758. The van der Waals surface area contributed by atoms with Crippen molar-refractivity contribution in [2.75, 3.05) is 0 Å². The van der Waals surface area contributed by atoms with Gasteiger partial charge in [0.1, 0.15) is 0 Å². The molecule has 53 heavy (non-hydrogen) atoms. The Morgan fingerprint density at radius 1 is 0.321 bits per heavy atom. The van der Waals surface area contributed by atoms with Gasteiger partial charge in [0.2, 0.25) is 0 Å². The Hall–Kier alpha value is -6.90. The van der Waals surface area contributed by atoms with Crippen LogP contribution in [0.4, 0.5) is 0 Å². The summed E-state index contributed by atoms with van der Waals surface area (Å²) in [7, 11) is 0. The van der Waals surface area contributed by atoms with Crippen LogP contribution >= 0.6 is 0 Å². The molecule has 0 unspecified atom stereocenters. The minimum Gasteiger partial charge on any atom is -0.231 e. The maximum Gasteiger partial charge on any atom is 0.160 e. The Balaban J connectivity index is 1.16. The fourth-order valence-corrected chi connectivity index (χ4v) is 8.89. The first-order chi connectivity index (χ1) is 26.3. The van der Waals surface area contributed by atoms with Gasteiger partial charge in [0.05, 0.1) is 16.8 Å². The molecule has 0 bridgehead atoms. The van der Waals surface area contributed by atoms with Gasteiger partial charge in [-0.3, -0.25) is 0 Å². The first kappa shape index (κ1) is 29.8. The van der Waals surface area contributed by atoms with Crippen LogP contribution in [-0.2, 0) is 5.41 Å². The van der Waals surface area contributed by atoms with Crippen LogP contribution in [-0.4, -0.2) is 9.97 Å². The molecular formula is C51H32N2. The molecule has 0 saturated carbocycles. The Bertz CT molecular complexity index is 2830. The second-order valence-electron chi connectivity index (χ2n) is 14.1. The average molecular weight is 673 g/mol. The maximum absolute atomic E-state index is 5.62. The molecule has 2 nitrogen and oxygen atoms in total. The van der Waals surface area contributed by atoms with Gasteiger partial charge in [-0.2, -0.15) is 0 Å². The van der Waals surface area contributed by atoms with Crippen molar-refractivity contribution in [1.29, 1.82) is 0 Å². The highest BCUT2D eigenvalue weighted by Gasteiger charge is 2.54. The Morgan fingerprint density at radius 2 is 0.849 bits per heavy atom. The summed E-state index contributed by atoms with van der Waals surface area (Å²) >= 11 is 0. The van der Waals surface area contributed by atoms with Crippen LogP contribution in [0.5, 0.6) is 0 Å². The van der Waals surface area contributed by atoms with Crippen LogP contribution in [0.1, 0.15) is 22.4 Å². The van der Waals surface area contributed by atoms with Crippen LogP contribution in [0.25, 0.3) is 77.9 Å². The van der Waals surface area contributed by atoms with Gasteiger partial charge in [0.25, 0.3) is 0 Å². The van der Waals surface area contributed by atoms with E-state index in [1.165, 1.54) is 66.4 Å². The highest BCUT2D eigenvalue weighted by molar-refractivity contribution is 5.99. The van der Waals surface area contributed by atoms with Gasteiger partial charge in [-0.05, 0) is 78.5 Å². The minimum absolute atomic E-state index is 0.616. The molecule has 0 amide bonds. The molecule has 2 aliphatic carbocycles. The molecule has 0 N–H and O–H groups in total. The van der Waals surface area contributed by atoms with E-state index >= 15 is 0 Å². The molecule has 1 spiro atoms. The third kappa shape index (κ3) is 4.39.